The highest BCUT2D eigenvalue weighted by Gasteiger charge is 2.22. The number of carbonyl (C=O) groups excluding carboxylic acids is 1. The van der Waals surface area contributed by atoms with E-state index in [1.54, 1.807) is 0 Å². The molecule has 1 heterocycles. The molecule has 1 saturated heterocycles. The summed E-state index contributed by atoms with van der Waals surface area (Å²) in [7, 11) is 0. The van der Waals surface area contributed by atoms with E-state index in [4.69, 9.17) is 5.11 Å². The summed E-state index contributed by atoms with van der Waals surface area (Å²) < 4.78 is 0. The summed E-state index contributed by atoms with van der Waals surface area (Å²) in [5.74, 6) is 0.734. The lowest BCUT2D eigenvalue weighted by Gasteiger charge is -2.33. The minimum Gasteiger partial charge on any atom is -0.396 e. The number of carbonyl (C=O) groups is 1. The van der Waals surface area contributed by atoms with Gasteiger partial charge in [-0.15, -0.1) is 0 Å². The Kier molecular flexibility index (Phi) is 7.10. The van der Waals surface area contributed by atoms with Crippen molar-refractivity contribution in [2.45, 2.75) is 33.1 Å². The lowest BCUT2D eigenvalue weighted by atomic mass is 9.95. The van der Waals surface area contributed by atoms with Crippen LogP contribution in [0.4, 0.5) is 0 Å². The molecule has 1 amide bonds. The molecule has 1 aliphatic rings. The zero-order valence-corrected chi connectivity index (χ0v) is 12.4. The summed E-state index contributed by atoms with van der Waals surface area (Å²) >= 11 is 0. The Morgan fingerprint density at radius 3 is 2.84 bits per heavy atom. The van der Waals surface area contributed by atoms with Gasteiger partial charge in [0.2, 0.25) is 5.91 Å². The first-order valence-electron chi connectivity index (χ1n) is 7.32. The van der Waals surface area contributed by atoms with Crippen molar-refractivity contribution >= 4 is 5.91 Å². The second kappa shape index (κ2) is 8.33. The van der Waals surface area contributed by atoms with Crippen LogP contribution in [0, 0.1) is 5.92 Å². The summed E-state index contributed by atoms with van der Waals surface area (Å²) in [6.07, 6.45) is 3.16. The highest BCUT2D eigenvalue weighted by Crippen LogP contribution is 2.19. The van der Waals surface area contributed by atoms with Crippen LogP contribution in [0.3, 0.4) is 0 Å². The molecule has 0 saturated carbocycles. The fraction of sp³-hybridized carbons (Fsp3) is 0.800. The molecule has 1 fully saturated rings. The normalized spacial score (nSPS) is 20.3. The predicted octanol–water partition coefficient (Wildman–Crippen LogP) is 1.51. The second-order valence-corrected chi connectivity index (χ2v) is 5.62. The van der Waals surface area contributed by atoms with Crippen LogP contribution in [0.15, 0.2) is 12.2 Å². The first kappa shape index (κ1) is 16.2. The molecule has 1 rings (SSSR count). The van der Waals surface area contributed by atoms with Crippen molar-refractivity contribution in [3.63, 3.8) is 0 Å². The van der Waals surface area contributed by atoms with Crippen molar-refractivity contribution in [2.75, 3.05) is 39.3 Å². The zero-order chi connectivity index (χ0) is 14.3. The van der Waals surface area contributed by atoms with Crippen molar-refractivity contribution in [3.8, 4) is 0 Å². The molecule has 1 unspecified atom stereocenters. The Bertz CT molecular complexity index is 303. The molecule has 0 aliphatic carbocycles. The average molecular weight is 268 g/mol. The standard InChI is InChI=1S/C15H28N2O2/c1-4-17(10-13(2)3)15(19)12-16-8-5-6-14(11-16)7-9-18/h14,18H,2,4-12H2,1,3H3. The van der Waals surface area contributed by atoms with Crippen molar-refractivity contribution in [3.05, 3.63) is 12.2 Å². The Morgan fingerprint density at radius 1 is 1.53 bits per heavy atom. The first-order valence-corrected chi connectivity index (χ1v) is 7.32. The monoisotopic (exact) mass is 268 g/mol. The van der Waals surface area contributed by atoms with Crippen LogP contribution >= 0.6 is 0 Å². The number of rotatable bonds is 7. The molecule has 0 bridgehead atoms. The minimum atomic E-state index is 0.190. The third-order valence-electron chi connectivity index (χ3n) is 3.69. The summed E-state index contributed by atoms with van der Waals surface area (Å²) in [5, 5.41) is 9.01. The van der Waals surface area contributed by atoms with Gasteiger partial charge in [0, 0.05) is 26.2 Å². The third kappa shape index (κ3) is 5.74. The average Bonchev–Trinajstić information content (AvgIpc) is 2.36. The van der Waals surface area contributed by atoms with Crippen LogP contribution in [0.25, 0.3) is 0 Å². The topological polar surface area (TPSA) is 43.8 Å². The molecular formula is C15H28N2O2. The fourth-order valence-corrected chi connectivity index (χ4v) is 2.71. The van der Waals surface area contributed by atoms with Gasteiger partial charge in [0.25, 0.3) is 0 Å². The first-order chi connectivity index (χ1) is 9.06. The smallest absolute Gasteiger partial charge is 0.237 e. The number of likely N-dealkylation sites (N-methyl/N-ethyl adjacent to an activating group) is 1. The molecule has 0 aromatic heterocycles. The summed E-state index contributed by atoms with van der Waals surface area (Å²) in [5.41, 5.74) is 1.02. The fourth-order valence-electron chi connectivity index (χ4n) is 2.71. The predicted molar refractivity (Wildman–Crippen MR) is 77.9 cm³/mol. The number of aliphatic hydroxyl groups is 1. The molecular weight excluding hydrogens is 240 g/mol. The van der Waals surface area contributed by atoms with E-state index < -0.39 is 0 Å². The van der Waals surface area contributed by atoms with Crippen LogP contribution in [-0.4, -0.2) is 60.1 Å². The van der Waals surface area contributed by atoms with Gasteiger partial charge in [0.15, 0.2) is 0 Å². The van der Waals surface area contributed by atoms with E-state index in [-0.39, 0.29) is 12.5 Å². The number of aliphatic hydroxyl groups excluding tert-OH is 1. The maximum atomic E-state index is 12.2. The molecule has 0 radical (unpaired) electrons. The number of hydrogen-bond donors (Lipinski definition) is 1. The number of piperidine rings is 1. The van der Waals surface area contributed by atoms with Crippen molar-refractivity contribution in [1.82, 2.24) is 9.80 Å². The Labute approximate surface area is 117 Å². The Hall–Kier alpha value is -0.870. The van der Waals surface area contributed by atoms with Gasteiger partial charge in [-0.3, -0.25) is 9.69 Å². The van der Waals surface area contributed by atoms with Crippen LogP contribution in [-0.2, 0) is 4.79 Å². The Balaban J connectivity index is 2.43. The number of hydrogen-bond acceptors (Lipinski definition) is 3. The largest absolute Gasteiger partial charge is 0.396 e. The molecule has 4 heteroatoms. The number of likely N-dealkylation sites (tertiary alicyclic amines) is 1. The molecule has 19 heavy (non-hydrogen) atoms. The molecule has 110 valence electrons. The minimum absolute atomic E-state index is 0.190. The highest BCUT2D eigenvalue weighted by molar-refractivity contribution is 5.78. The quantitative estimate of drug-likeness (QED) is 0.712. The SMILES string of the molecule is C=C(C)CN(CC)C(=O)CN1CCCC(CCO)C1. The van der Waals surface area contributed by atoms with E-state index in [2.05, 4.69) is 11.5 Å². The van der Waals surface area contributed by atoms with Crippen LogP contribution in [0.2, 0.25) is 0 Å². The van der Waals surface area contributed by atoms with Crippen molar-refractivity contribution in [2.24, 2.45) is 5.92 Å². The molecule has 1 aliphatic heterocycles. The summed E-state index contributed by atoms with van der Waals surface area (Å²) in [4.78, 5) is 16.3. The molecule has 0 aromatic carbocycles. The van der Waals surface area contributed by atoms with Gasteiger partial charge >= 0.3 is 0 Å². The van der Waals surface area contributed by atoms with Gasteiger partial charge in [-0.1, -0.05) is 12.2 Å². The molecule has 1 N–H and O–H groups in total. The highest BCUT2D eigenvalue weighted by atomic mass is 16.3. The van der Waals surface area contributed by atoms with Crippen LogP contribution in [0.1, 0.15) is 33.1 Å². The lowest BCUT2D eigenvalue weighted by molar-refractivity contribution is -0.132. The van der Waals surface area contributed by atoms with Crippen molar-refractivity contribution in [1.29, 1.82) is 0 Å². The van der Waals surface area contributed by atoms with Gasteiger partial charge in [0.1, 0.15) is 0 Å². The summed E-state index contributed by atoms with van der Waals surface area (Å²) in [6.45, 7) is 11.9. The summed E-state index contributed by atoms with van der Waals surface area (Å²) in [6, 6.07) is 0. The van der Waals surface area contributed by atoms with Gasteiger partial charge < -0.3 is 10.0 Å². The molecule has 0 spiro atoms. The third-order valence-corrected chi connectivity index (χ3v) is 3.69. The maximum absolute atomic E-state index is 12.2. The number of nitrogens with zero attached hydrogens (tertiary/aromatic N) is 2. The van der Waals surface area contributed by atoms with Gasteiger partial charge in [-0.05, 0) is 45.6 Å². The van der Waals surface area contributed by atoms with E-state index in [9.17, 15) is 4.79 Å². The number of amides is 1. The maximum Gasteiger partial charge on any atom is 0.237 e. The van der Waals surface area contributed by atoms with E-state index in [1.165, 1.54) is 6.42 Å². The molecule has 0 aromatic rings. The van der Waals surface area contributed by atoms with Gasteiger partial charge in [-0.25, -0.2) is 0 Å². The zero-order valence-electron chi connectivity index (χ0n) is 12.4. The van der Waals surface area contributed by atoms with Gasteiger partial charge in [0.05, 0.1) is 6.54 Å². The Morgan fingerprint density at radius 2 is 2.26 bits per heavy atom. The van der Waals surface area contributed by atoms with E-state index in [1.807, 2.05) is 18.7 Å². The van der Waals surface area contributed by atoms with Crippen LogP contribution < -0.4 is 0 Å². The van der Waals surface area contributed by atoms with Crippen LogP contribution in [0.5, 0.6) is 0 Å². The van der Waals surface area contributed by atoms with E-state index in [0.717, 1.165) is 38.0 Å². The van der Waals surface area contributed by atoms with E-state index in [0.29, 0.717) is 19.0 Å². The van der Waals surface area contributed by atoms with Gasteiger partial charge in [-0.2, -0.15) is 0 Å². The van der Waals surface area contributed by atoms with E-state index >= 15 is 0 Å². The second-order valence-electron chi connectivity index (χ2n) is 5.62. The lowest BCUT2D eigenvalue weighted by Crippen LogP contribution is -2.44. The molecule has 4 nitrogen and oxygen atoms in total. The van der Waals surface area contributed by atoms with Crippen molar-refractivity contribution < 1.29 is 9.90 Å². The molecule has 1 atom stereocenters.